The van der Waals surface area contributed by atoms with Gasteiger partial charge in [0.25, 0.3) is 0 Å². The second kappa shape index (κ2) is 7.39. The van der Waals surface area contributed by atoms with E-state index in [1.165, 1.54) is 23.2 Å². The fourth-order valence-corrected chi connectivity index (χ4v) is 2.96. The number of halogens is 2. The van der Waals surface area contributed by atoms with Gasteiger partial charge in [-0.15, -0.1) is 0 Å². The first-order valence-corrected chi connectivity index (χ1v) is 8.02. The van der Waals surface area contributed by atoms with Gasteiger partial charge in [-0.3, -0.25) is 4.68 Å². The molecule has 0 saturated carbocycles. The fourth-order valence-electron chi connectivity index (χ4n) is 2.96. The van der Waals surface area contributed by atoms with Crippen LogP contribution in [-0.2, 0) is 6.61 Å². The number of carboxylic acid groups (broad SMARTS) is 1. The van der Waals surface area contributed by atoms with Gasteiger partial charge < -0.3 is 14.7 Å². The number of hydrogen-bond donors (Lipinski definition) is 1. The standard InChI is InChI=1S/C17H16F2N4O3/c18-13-2-1-3-15(16(13)19)26-10-11-9-21-23(14(11)8-20)12-4-6-22(7-5-12)17(24)25/h1-3,9,12H,4-7,10H2,(H,24,25). The monoisotopic (exact) mass is 362 g/mol. The second-order valence-electron chi connectivity index (χ2n) is 5.92. The summed E-state index contributed by atoms with van der Waals surface area (Å²) in [6.07, 6.45) is 1.58. The molecule has 9 heteroatoms. The molecular weight excluding hydrogens is 346 g/mol. The van der Waals surface area contributed by atoms with Gasteiger partial charge in [-0.2, -0.15) is 14.8 Å². The first kappa shape index (κ1) is 17.7. The summed E-state index contributed by atoms with van der Waals surface area (Å²) in [5.74, 6) is -2.33. The Hall–Kier alpha value is -3.15. The number of benzene rings is 1. The van der Waals surface area contributed by atoms with Gasteiger partial charge in [-0.05, 0) is 25.0 Å². The molecular formula is C17H16F2N4O3. The lowest BCUT2D eigenvalue weighted by molar-refractivity contribution is 0.123. The second-order valence-corrected chi connectivity index (χ2v) is 5.92. The van der Waals surface area contributed by atoms with Crippen LogP contribution in [0.5, 0.6) is 5.75 Å². The Labute approximate surface area is 148 Å². The molecule has 1 aromatic carbocycles. The van der Waals surface area contributed by atoms with E-state index in [1.54, 1.807) is 4.68 Å². The van der Waals surface area contributed by atoms with Crippen molar-refractivity contribution < 1.29 is 23.4 Å². The predicted molar refractivity (Wildman–Crippen MR) is 85.5 cm³/mol. The molecule has 1 aliphatic rings. The summed E-state index contributed by atoms with van der Waals surface area (Å²) in [6, 6.07) is 5.59. The van der Waals surface area contributed by atoms with E-state index in [0.29, 0.717) is 31.5 Å². The zero-order valence-electron chi connectivity index (χ0n) is 13.7. The molecule has 0 spiro atoms. The molecule has 0 bridgehead atoms. The van der Waals surface area contributed by atoms with Crippen molar-refractivity contribution in [3.8, 4) is 11.8 Å². The Morgan fingerprint density at radius 3 is 2.77 bits per heavy atom. The topological polar surface area (TPSA) is 91.4 Å². The highest BCUT2D eigenvalue weighted by atomic mass is 19.2. The van der Waals surface area contributed by atoms with Crippen molar-refractivity contribution in [2.75, 3.05) is 13.1 Å². The quantitative estimate of drug-likeness (QED) is 0.903. The summed E-state index contributed by atoms with van der Waals surface area (Å²) < 4.78 is 33.7. The molecule has 1 N–H and O–H groups in total. The van der Waals surface area contributed by atoms with E-state index in [4.69, 9.17) is 9.84 Å². The number of ether oxygens (including phenoxy) is 1. The lowest BCUT2D eigenvalue weighted by atomic mass is 10.1. The molecule has 0 radical (unpaired) electrons. The largest absolute Gasteiger partial charge is 0.486 e. The van der Waals surface area contributed by atoms with Crippen LogP contribution >= 0.6 is 0 Å². The van der Waals surface area contributed by atoms with Crippen molar-refractivity contribution >= 4 is 6.09 Å². The molecule has 1 aliphatic heterocycles. The summed E-state index contributed by atoms with van der Waals surface area (Å²) in [7, 11) is 0. The summed E-state index contributed by atoms with van der Waals surface area (Å²) in [6.45, 7) is 0.605. The van der Waals surface area contributed by atoms with Crippen LogP contribution in [-0.4, -0.2) is 39.0 Å². The minimum atomic E-state index is -1.08. The Balaban J connectivity index is 1.72. The van der Waals surface area contributed by atoms with Gasteiger partial charge in [0, 0.05) is 18.7 Å². The minimum Gasteiger partial charge on any atom is -0.486 e. The molecule has 3 rings (SSSR count). The number of amides is 1. The third-order valence-corrected chi connectivity index (χ3v) is 4.36. The van der Waals surface area contributed by atoms with Crippen LogP contribution < -0.4 is 4.74 Å². The zero-order valence-corrected chi connectivity index (χ0v) is 13.7. The Bertz CT molecular complexity index is 854. The first-order chi connectivity index (χ1) is 12.5. The van der Waals surface area contributed by atoms with E-state index >= 15 is 0 Å². The van der Waals surface area contributed by atoms with Crippen molar-refractivity contribution in [3.05, 3.63) is 47.3 Å². The highest BCUT2D eigenvalue weighted by molar-refractivity contribution is 5.65. The lowest BCUT2D eigenvalue weighted by Gasteiger charge is -2.30. The molecule has 136 valence electrons. The molecule has 2 heterocycles. The number of rotatable bonds is 4. The van der Waals surface area contributed by atoms with E-state index in [1.807, 2.05) is 0 Å². The molecule has 1 fully saturated rings. The normalized spacial score (nSPS) is 14.9. The highest BCUT2D eigenvalue weighted by Crippen LogP contribution is 2.26. The number of carbonyl (C=O) groups is 1. The van der Waals surface area contributed by atoms with Gasteiger partial charge >= 0.3 is 6.09 Å². The lowest BCUT2D eigenvalue weighted by Crippen LogP contribution is -2.38. The molecule has 1 saturated heterocycles. The Morgan fingerprint density at radius 2 is 2.12 bits per heavy atom. The fraction of sp³-hybridized carbons (Fsp3) is 0.353. The zero-order chi connectivity index (χ0) is 18.7. The van der Waals surface area contributed by atoms with Crippen LogP contribution in [0.25, 0.3) is 0 Å². The number of piperidine rings is 1. The average molecular weight is 362 g/mol. The predicted octanol–water partition coefficient (Wildman–Crippen LogP) is 2.93. The van der Waals surface area contributed by atoms with Crippen molar-refractivity contribution in [2.24, 2.45) is 0 Å². The number of aromatic nitrogens is 2. The number of nitriles is 1. The van der Waals surface area contributed by atoms with Gasteiger partial charge in [0.1, 0.15) is 18.4 Å². The van der Waals surface area contributed by atoms with E-state index < -0.39 is 17.7 Å². The maximum absolute atomic E-state index is 13.6. The van der Waals surface area contributed by atoms with E-state index in [2.05, 4.69) is 11.2 Å². The molecule has 0 aliphatic carbocycles. The maximum Gasteiger partial charge on any atom is 0.407 e. The molecule has 0 atom stereocenters. The number of nitrogens with zero attached hydrogens (tertiary/aromatic N) is 4. The SMILES string of the molecule is N#Cc1c(COc2cccc(F)c2F)cnn1C1CCN(C(=O)O)CC1. The summed E-state index contributed by atoms with van der Waals surface area (Å²) >= 11 is 0. The van der Waals surface area contributed by atoms with Gasteiger partial charge in [-0.1, -0.05) is 6.07 Å². The van der Waals surface area contributed by atoms with E-state index in [-0.39, 0.29) is 24.1 Å². The average Bonchev–Trinajstić information content (AvgIpc) is 3.06. The van der Waals surface area contributed by atoms with Crippen LogP contribution in [0.2, 0.25) is 0 Å². The van der Waals surface area contributed by atoms with Crippen molar-refractivity contribution in [1.29, 1.82) is 5.26 Å². The van der Waals surface area contributed by atoms with Crippen molar-refractivity contribution in [1.82, 2.24) is 14.7 Å². The summed E-state index contributed by atoms with van der Waals surface area (Å²) in [5, 5.41) is 22.7. The Kier molecular flexibility index (Phi) is 5.02. The maximum atomic E-state index is 13.6. The first-order valence-electron chi connectivity index (χ1n) is 8.02. The highest BCUT2D eigenvalue weighted by Gasteiger charge is 2.26. The van der Waals surface area contributed by atoms with E-state index in [0.717, 1.165) is 6.07 Å². The van der Waals surface area contributed by atoms with Gasteiger partial charge in [-0.25, -0.2) is 9.18 Å². The minimum absolute atomic E-state index is 0.0973. The van der Waals surface area contributed by atoms with Gasteiger partial charge in [0.15, 0.2) is 11.6 Å². The van der Waals surface area contributed by atoms with Crippen molar-refractivity contribution in [2.45, 2.75) is 25.5 Å². The summed E-state index contributed by atoms with van der Waals surface area (Å²) in [4.78, 5) is 12.3. The van der Waals surface area contributed by atoms with Gasteiger partial charge in [0.2, 0.25) is 5.82 Å². The molecule has 2 aromatic rings. The van der Waals surface area contributed by atoms with Crippen LogP contribution in [0.4, 0.5) is 13.6 Å². The van der Waals surface area contributed by atoms with Gasteiger partial charge in [0.05, 0.1) is 12.2 Å². The van der Waals surface area contributed by atoms with Crippen LogP contribution in [0, 0.1) is 23.0 Å². The molecule has 1 aromatic heterocycles. The molecule has 0 unspecified atom stereocenters. The number of likely N-dealkylation sites (tertiary alicyclic amines) is 1. The molecule has 1 amide bonds. The van der Waals surface area contributed by atoms with E-state index in [9.17, 15) is 18.8 Å². The van der Waals surface area contributed by atoms with Crippen molar-refractivity contribution in [3.63, 3.8) is 0 Å². The molecule has 26 heavy (non-hydrogen) atoms. The van der Waals surface area contributed by atoms with Crippen LogP contribution in [0.1, 0.15) is 30.1 Å². The molecule has 7 nitrogen and oxygen atoms in total. The van der Waals surface area contributed by atoms with Crippen LogP contribution in [0.15, 0.2) is 24.4 Å². The third kappa shape index (κ3) is 3.44. The summed E-state index contributed by atoms with van der Waals surface area (Å²) in [5.41, 5.74) is 0.729. The smallest absolute Gasteiger partial charge is 0.407 e. The Morgan fingerprint density at radius 1 is 1.38 bits per heavy atom. The van der Waals surface area contributed by atoms with Crippen LogP contribution in [0.3, 0.4) is 0 Å². The number of hydrogen-bond acceptors (Lipinski definition) is 4. The third-order valence-electron chi connectivity index (χ3n) is 4.36.